The van der Waals surface area contributed by atoms with Crippen molar-refractivity contribution in [3.8, 4) is 11.9 Å². The number of rotatable bonds is 7. The maximum absolute atomic E-state index is 6.33. The van der Waals surface area contributed by atoms with Crippen LogP contribution in [0, 0.1) is 13.8 Å². The largest absolute Gasteiger partial charge is 0.531 e. The molecule has 0 aliphatic carbocycles. The first-order valence-electron chi connectivity index (χ1n) is 9.71. The van der Waals surface area contributed by atoms with Crippen molar-refractivity contribution in [1.82, 2.24) is 9.97 Å². The normalized spacial score (nSPS) is 12.2. The zero-order valence-corrected chi connectivity index (χ0v) is 20.4. The van der Waals surface area contributed by atoms with Crippen molar-refractivity contribution < 1.29 is 8.85 Å². The predicted octanol–water partition coefficient (Wildman–Crippen LogP) is 5.67. The Hall–Kier alpha value is -1.67. The average molecular weight is 403 g/mol. The van der Waals surface area contributed by atoms with Gasteiger partial charge >= 0.3 is 6.01 Å². The van der Waals surface area contributed by atoms with Crippen LogP contribution in [-0.2, 0) is 12.8 Å². The minimum Gasteiger partial charge on any atom is -0.531 e. The van der Waals surface area contributed by atoms with E-state index >= 15 is 0 Å². The molecular formula is C21H34N2O2Si2. The SMILES string of the molecule is CCc1c(Cc2cc(C)cc(C)c2)nc(O[Si](C)(C)C)nc1O[Si](C)(C)C. The van der Waals surface area contributed by atoms with Gasteiger partial charge in [-0.2, -0.15) is 4.98 Å². The van der Waals surface area contributed by atoms with Gasteiger partial charge in [-0.15, -0.1) is 0 Å². The van der Waals surface area contributed by atoms with E-state index in [0.717, 1.165) is 24.1 Å². The molecule has 0 saturated heterocycles. The quantitative estimate of drug-likeness (QED) is 0.559. The van der Waals surface area contributed by atoms with Gasteiger partial charge in [0.1, 0.15) is 0 Å². The summed E-state index contributed by atoms with van der Waals surface area (Å²) < 4.78 is 12.5. The molecule has 0 aliphatic rings. The average Bonchev–Trinajstić information content (AvgIpc) is 2.42. The Morgan fingerprint density at radius 2 is 1.37 bits per heavy atom. The summed E-state index contributed by atoms with van der Waals surface area (Å²) in [6.45, 7) is 19.4. The van der Waals surface area contributed by atoms with E-state index in [1.807, 2.05) is 0 Å². The Labute approximate surface area is 166 Å². The summed E-state index contributed by atoms with van der Waals surface area (Å²) in [7, 11) is -3.60. The van der Waals surface area contributed by atoms with Crippen molar-refractivity contribution in [1.29, 1.82) is 0 Å². The van der Waals surface area contributed by atoms with E-state index in [1.54, 1.807) is 0 Å². The number of hydrogen-bond acceptors (Lipinski definition) is 4. The number of aromatic nitrogens is 2. The molecule has 0 atom stereocenters. The second-order valence-corrected chi connectivity index (χ2v) is 18.0. The van der Waals surface area contributed by atoms with E-state index in [0.29, 0.717) is 11.9 Å². The maximum Gasteiger partial charge on any atom is 0.306 e. The minimum absolute atomic E-state index is 0.457. The molecule has 4 nitrogen and oxygen atoms in total. The monoisotopic (exact) mass is 402 g/mol. The fourth-order valence-corrected chi connectivity index (χ4v) is 4.43. The second kappa shape index (κ2) is 8.14. The molecule has 1 aromatic carbocycles. The molecule has 0 spiro atoms. The highest BCUT2D eigenvalue weighted by Crippen LogP contribution is 2.28. The van der Waals surface area contributed by atoms with E-state index in [4.69, 9.17) is 13.8 Å². The summed E-state index contributed by atoms with van der Waals surface area (Å²) in [5, 5.41) is 0. The van der Waals surface area contributed by atoms with E-state index < -0.39 is 16.6 Å². The molecule has 0 N–H and O–H groups in total. The smallest absolute Gasteiger partial charge is 0.306 e. The van der Waals surface area contributed by atoms with Crippen molar-refractivity contribution >= 4 is 16.6 Å². The van der Waals surface area contributed by atoms with E-state index in [1.165, 1.54) is 16.7 Å². The van der Waals surface area contributed by atoms with Gasteiger partial charge in [-0.3, -0.25) is 0 Å². The third-order valence-corrected chi connectivity index (χ3v) is 5.44. The summed E-state index contributed by atoms with van der Waals surface area (Å²) in [4.78, 5) is 9.48. The van der Waals surface area contributed by atoms with Gasteiger partial charge in [0, 0.05) is 12.0 Å². The molecule has 0 saturated carbocycles. The molecule has 0 aliphatic heterocycles. The highest BCUT2D eigenvalue weighted by Gasteiger charge is 2.25. The highest BCUT2D eigenvalue weighted by molar-refractivity contribution is 6.70. The Balaban J connectivity index is 2.54. The summed E-state index contributed by atoms with van der Waals surface area (Å²) in [5.41, 5.74) is 5.92. The summed E-state index contributed by atoms with van der Waals surface area (Å²) in [6.07, 6.45) is 1.60. The minimum atomic E-state index is -1.81. The van der Waals surface area contributed by atoms with Crippen molar-refractivity contribution in [2.24, 2.45) is 0 Å². The Morgan fingerprint density at radius 3 is 1.85 bits per heavy atom. The summed E-state index contributed by atoms with van der Waals surface area (Å²) >= 11 is 0. The van der Waals surface area contributed by atoms with Gasteiger partial charge in [-0.05, 0) is 65.1 Å². The second-order valence-electron chi connectivity index (χ2n) is 9.19. The molecule has 2 rings (SSSR count). The summed E-state index contributed by atoms with van der Waals surface area (Å²) in [6, 6.07) is 7.11. The molecule has 1 aromatic heterocycles. The van der Waals surface area contributed by atoms with Gasteiger partial charge in [-0.25, -0.2) is 4.98 Å². The van der Waals surface area contributed by atoms with E-state index in [9.17, 15) is 0 Å². The van der Waals surface area contributed by atoms with Crippen LogP contribution < -0.4 is 8.85 Å². The fourth-order valence-electron chi connectivity index (χ4n) is 3.05. The molecule has 2 aromatic rings. The van der Waals surface area contributed by atoms with Gasteiger partial charge in [0.05, 0.1) is 5.69 Å². The predicted molar refractivity (Wildman–Crippen MR) is 118 cm³/mol. The highest BCUT2D eigenvalue weighted by atomic mass is 28.4. The van der Waals surface area contributed by atoms with Gasteiger partial charge in [-0.1, -0.05) is 36.2 Å². The Morgan fingerprint density at radius 1 is 0.815 bits per heavy atom. The lowest BCUT2D eigenvalue weighted by atomic mass is 10.0. The van der Waals surface area contributed by atoms with Crippen LogP contribution >= 0.6 is 0 Å². The number of aryl methyl sites for hydroxylation is 2. The van der Waals surface area contributed by atoms with E-state index in [2.05, 4.69) is 83.2 Å². The Bertz CT molecular complexity index is 789. The molecule has 1 heterocycles. The zero-order chi connectivity index (χ0) is 20.4. The van der Waals surface area contributed by atoms with Crippen molar-refractivity contribution in [2.45, 2.75) is 72.9 Å². The van der Waals surface area contributed by atoms with Crippen LogP contribution in [0.3, 0.4) is 0 Å². The van der Waals surface area contributed by atoms with Crippen LogP contribution in [0.1, 0.15) is 34.9 Å². The van der Waals surface area contributed by atoms with Gasteiger partial charge in [0.2, 0.25) is 22.5 Å². The van der Waals surface area contributed by atoms with E-state index in [-0.39, 0.29) is 0 Å². The number of nitrogens with zero attached hydrogens (tertiary/aromatic N) is 2. The van der Waals surface area contributed by atoms with Crippen LogP contribution in [-0.4, -0.2) is 26.6 Å². The lowest BCUT2D eigenvalue weighted by molar-refractivity contribution is 0.467. The van der Waals surface area contributed by atoms with Gasteiger partial charge in [0.25, 0.3) is 0 Å². The first-order chi connectivity index (χ1) is 12.4. The third kappa shape index (κ3) is 6.77. The molecular weight excluding hydrogens is 368 g/mol. The molecule has 0 radical (unpaired) electrons. The topological polar surface area (TPSA) is 44.2 Å². The lowest BCUT2D eigenvalue weighted by Gasteiger charge is -2.24. The van der Waals surface area contributed by atoms with Crippen molar-refractivity contribution in [3.63, 3.8) is 0 Å². The maximum atomic E-state index is 6.33. The first kappa shape index (κ1) is 21.6. The summed E-state index contributed by atoms with van der Waals surface area (Å²) in [5.74, 6) is 0.708. The van der Waals surface area contributed by atoms with Gasteiger partial charge in [0.15, 0.2) is 0 Å². The molecule has 0 bridgehead atoms. The van der Waals surface area contributed by atoms with Crippen LogP contribution in [0.2, 0.25) is 39.3 Å². The standard InChI is InChI=1S/C21H34N2O2Si2/c1-10-18-19(14-17-12-15(2)11-16(3)13-17)22-21(25-27(7,8)9)23-20(18)24-26(4,5)6/h11-13H,10,14H2,1-9H3. The number of benzene rings is 1. The fraction of sp³-hybridized carbons (Fsp3) is 0.524. The van der Waals surface area contributed by atoms with Crippen LogP contribution in [0.4, 0.5) is 0 Å². The molecule has 0 unspecified atom stereocenters. The molecule has 0 fully saturated rings. The zero-order valence-electron chi connectivity index (χ0n) is 18.4. The molecule has 6 heteroatoms. The van der Waals surface area contributed by atoms with Crippen LogP contribution in [0.25, 0.3) is 0 Å². The number of hydrogen-bond donors (Lipinski definition) is 0. The molecule has 0 amide bonds. The van der Waals surface area contributed by atoms with Gasteiger partial charge < -0.3 is 8.85 Å². The van der Waals surface area contributed by atoms with Crippen molar-refractivity contribution in [2.75, 3.05) is 0 Å². The van der Waals surface area contributed by atoms with Crippen LogP contribution in [0.5, 0.6) is 11.9 Å². The Kier molecular flexibility index (Phi) is 6.52. The lowest BCUT2D eigenvalue weighted by Crippen LogP contribution is -2.32. The molecule has 27 heavy (non-hydrogen) atoms. The van der Waals surface area contributed by atoms with Crippen molar-refractivity contribution in [3.05, 3.63) is 46.1 Å². The molecule has 148 valence electrons. The first-order valence-corrected chi connectivity index (χ1v) is 16.5. The third-order valence-electron chi connectivity index (χ3n) is 3.84. The van der Waals surface area contributed by atoms with Crippen LogP contribution in [0.15, 0.2) is 18.2 Å².